The smallest absolute Gasteiger partial charge is 0.0537 e. The summed E-state index contributed by atoms with van der Waals surface area (Å²) < 4.78 is 0. The van der Waals surface area contributed by atoms with Gasteiger partial charge >= 0.3 is 0 Å². The maximum Gasteiger partial charge on any atom is 0.0537 e. The molecular formula is C45H37N. The van der Waals surface area contributed by atoms with Crippen molar-refractivity contribution in [1.82, 2.24) is 0 Å². The summed E-state index contributed by atoms with van der Waals surface area (Å²) in [5.41, 5.74) is 20.7. The van der Waals surface area contributed by atoms with E-state index in [4.69, 9.17) is 0 Å². The van der Waals surface area contributed by atoms with E-state index < -0.39 is 0 Å². The molecule has 1 heteroatoms. The van der Waals surface area contributed by atoms with Gasteiger partial charge in [-0.2, -0.15) is 0 Å². The lowest BCUT2D eigenvalue weighted by molar-refractivity contribution is 0.971. The number of rotatable bonds is 3. The standard InChI is InChI=1S/C45H37N/c1-29-30(2)38-14-6-8-18-42(38)45(41-17-7-5-13-37(29)41)35-23-21-33(22-24-35)34-25-27-36(28-26-34)46-43-19-11-9-15-39(43)31(3)32(4)40-16-10-12-20-44(40)46/h5-28,45H,1-4H3. The lowest BCUT2D eigenvalue weighted by Crippen LogP contribution is -2.11. The fourth-order valence-electron chi connectivity index (χ4n) is 7.57. The Labute approximate surface area is 272 Å². The monoisotopic (exact) mass is 591 g/mol. The number of anilines is 3. The topological polar surface area (TPSA) is 3.24 Å². The minimum atomic E-state index is 0.180. The minimum absolute atomic E-state index is 0.180. The van der Waals surface area contributed by atoms with Gasteiger partial charge in [-0.25, -0.2) is 0 Å². The van der Waals surface area contributed by atoms with Crippen molar-refractivity contribution in [2.75, 3.05) is 4.90 Å². The van der Waals surface area contributed by atoms with E-state index in [0.717, 1.165) is 5.69 Å². The molecular weight excluding hydrogens is 555 g/mol. The first-order valence-corrected chi connectivity index (χ1v) is 16.2. The van der Waals surface area contributed by atoms with Crippen LogP contribution in [-0.4, -0.2) is 0 Å². The predicted molar refractivity (Wildman–Crippen MR) is 197 cm³/mol. The van der Waals surface area contributed by atoms with Gasteiger partial charge in [-0.15, -0.1) is 0 Å². The zero-order chi connectivity index (χ0) is 31.4. The van der Waals surface area contributed by atoms with Crippen molar-refractivity contribution in [2.45, 2.75) is 33.6 Å². The molecule has 8 rings (SSSR count). The molecule has 0 spiro atoms. The number of para-hydroxylation sites is 2. The average Bonchev–Trinajstić information content (AvgIpc) is 3.27. The first-order chi connectivity index (χ1) is 22.5. The SMILES string of the molecule is CC1=C(C)c2ccccc2C(c2ccc(-c3ccc(N4c5ccccc5C(C)=C(C)c5ccccc54)cc3)cc2)c2ccccc21. The third kappa shape index (κ3) is 4.46. The van der Waals surface area contributed by atoms with Crippen LogP contribution in [0.1, 0.15) is 72.6 Å². The molecule has 6 aromatic carbocycles. The second-order valence-electron chi connectivity index (χ2n) is 12.6. The number of allylic oxidation sites excluding steroid dienone is 4. The molecule has 0 amide bonds. The summed E-state index contributed by atoms with van der Waals surface area (Å²) in [6.45, 7) is 9.02. The highest BCUT2D eigenvalue weighted by atomic mass is 15.1. The van der Waals surface area contributed by atoms with Gasteiger partial charge in [0, 0.05) is 22.7 Å². The molecule has 0 N–H and O–H groups in total. The van der Waals surface area contributed by atoms with Crippen LogP contribution < -0.4 is 4.90 Å². The zero-order valence-corrected chi connectivity index (χ0v) is 26.9. The van der Waals surface area contributed by atoms with E-state index in [9.17, 15) is 0 Å². The van der Waals surface area contributed by atoms with Gasteiger partial charge in [0.15, 0.2) is 0 Å². The first kappa shape index (κ1) is 28.1. The third-order valence-corrected chi connectivity index (χ3v) is 10.3. The van der Waals surface area contributed by atoms with Gasteiger partial charge in [0.1, 0.15) is 0 Å². The molecule has 0 saturated heterocycles. The molecule has 0 fully saturated rings. The summed E-state index contributed by atoms with van der Waals surface area (Å²) in [5, 5.41) is 0. The van der Waals surface area contributed by atoms with Crippen LogP contribution in [0.3, 0.4) is 0 Å². The average molecular weight is 592 g/mol. The largest absolute Gasteiger partial charge is 0.309 e. The van der Waals surface area contributed by atoms with Gasteiger partial charge < -0.3 is 4.90 Å². The molecule has 1 heterocycles. The highest BCUT2D eigenvalue weighted by Gasteiger charge is 2.27. The van der Waals surface area contributed by atoms with E-state index >= 15 is 0 Å². The highest BCUT2D eigenvalue weighted by Crippen LogP contribution is 2.48. The van der Waals surface area contributed by atoms with Gasteiger partial charge in [-0.3, -0.25) is 0 Å². The van der Waals surface area contributed by atoms with Crippen molar-refractivity contribution in [3.8, 4) is 11.1 Å². The quantitative estimate of drug-likeness (QED) is 0.198. The molecule has 0 radical (unpaired) electrons. The maximum atomic E-state index is 2.41. The Balaban J connectivity index is 1.17. The third-order valence-electron chi connectivity index (χ3n) is 10.3. The van der Waals surface area contributed by atoms with Gasteiger partial charge in [0.2, 0.25) is 0 Å². The Morgan fingerprint density at radius 2 is 0.739 bits per heavy atom. The Kier molecular flexibility index (Phi) is 6.84. The molecule has 0 saturated carbocycles. The molecule has 0 bridgehead atoms. The second-order valence-corrected chi connectivity index (χ2v) is 12.6. The number of nitrogens with zero attached hydrogens (tertiary/aromatic N) is 1. The van der Waals surface area contributed by atoms with E-state index in [2.05, 4.69) is 178 Å². The second kappa shape index (κ2) is 11.2. The van der Waals surface area contributed by atoms with Crippen molar-refractivity contribution >= 4 is 39.4 Å². The number of benzene rings is 6. The lowest BCUT2D eigenvalue weighted by Gasteiger charge is -2.27. The molecule has 1 aliphatic heterocycles. The van der Waals surface area contributed by atoms with E-state index in [1.807, 2.05) is 0 Å². The van der Waals surface area contributed by atoms with Gasteiger partial charge in [0.25, 0.3) is 0 Å². The van der Waals surface area contributed by atoms with Gasteiger partial charge in [-0.05, 0) is 113 Å². The Morgan fingerprint density at radius 1 is 0.370 bits per heavy atom. The van der Waals surface area contributed by atoms with E-state index in [1.54, 1.807) is 0 Å². The summed E-state index contributed by atoms with van der Waals surface area (Å²) in [4.78, 5) is 2.41. The summed E-state index contributed by atoms with van der Waals surface area (Å²) >= 11 is 0. The first-order valence-electron chi connectivity index (χ1n) is 16.2. The van der Waals surface area contributed by atoms with Crippen LogP contribution in [0.2, 0.25) is 0 Å². The van der Waals surface area contributed by atoms with Crippen molar-refractivity contribution in [3.05, 3.63) is 185 Å². The summed E-state index contributed by atoms with van der Waals surface area (Å²) in [6, 6.07) is 53.7. The van der Waals surface area contributed by atoms with Crippen molar-refractivity contribution in [3.63, 3.8) is 0 Å². The summed E-state index contributed by atoms with van der Waals surface area (Å²) in [6.07, 6.45) is 0. The van der Waals surface area contributed by atoms with E-state index in [1.165, 1.54) is 83.7 Å². The molecule has 0 atom stereocenters. The van der Waals surface area contributed by atoms with Crippen LogP contribution >= 0.6 is 0 Å². The Bertz CT molecular complexity index is 1910. The number of fused-ring (bicyclic) bond motifs is 4. The maximum absolute atomic E-state index is 2.41. The van der Waals surface area contributed by atoms with E-state index in [-0.39, 0.29) is 5.92 Å². The molecule has 222 valence electrons. The fourth-order valence-corrected chi connectivity index (χ4v) is 7.57. The van der Waals surface area contributed by atoms with Crippen molar-refractivity contribution in [2.24, 2.45) is 0 Å². The molecule has 0 unspecified atom stereocenters. The van der Waals surface area contributed by atoms with Crippen LogP contribution in [0, 0.1) is 0 Å². The molecule has 1 nitrogen and oxygen atoms in total. The van der Waals surface area contributed by atoms with Crippen molar-refractivity contribution < 1.29 is 0 Å². The van der Waals surface area contributed by atoms with Crippen LogP contribution in [0.25, 0.3) is 33.4 Å². The molecule has 2 aliphatic rings. The summed E-state index contributed by atoms with van der Waals surface area (Å²) in [5.74, 6) is 0.180. The minimum Gasteiger partial charge on any atom is -0.309 e. The Morgan fingerprint density at radius 3 is 1.22 bits per heavy atom. The highest BCUT2D eigenvalue weighted by molar-refractivity contribution is 6.02. The predicted octanol–water partition coefficient (Wildman–Crippen LogP) is 12.5. The van der Waals surface area contributed by atoms with Crippen LogP contribution in [-0.2, 0) is 0 Å². The van der Waals surface area contributed by atoms with Gasteiger partial charge in [-0.1, -0.05) is 121 Å². The normalized spacial score (nSPS) is 14.2. The molecule has 6 aromatic rings. The van der Waals surface area contributed by atoms with Crippen molar-refractivity contribution in [1.29, 1.82) is 0 Å². The zero-order valence-electron chi connectivity index (χ0n) is 26.9. The van der Waals surface area contributed by atoms with E-state index in [0.29, 0.717) is 0 Å². The number of hydrogen-bond donors (Lipinski definition) is 0. The summed E-state index contributed by atoms with van der Waals surface area (Å²) in [7, 11) is 0. The van der Waals surface area contributed by atoms with Crippen LogP contribution in [0.4, 0.5) is 17.1 Å². The van der Waals surface area contributed by atoms with Crippen LogP contribution in [0.5, 0.6) is 0 Å². The lowest BCUT2D eigenvalue weighted by atomic mass is 9.81. The molecule has 0 aromatic heterocycles. The Hall–Kier alpha value is -5.40. The van der Waals surface area contributed by atoms with Crippen LogP contribution in [0.15, 0.2) is 146 Å². The molecule has 1 aliphatic carbocycles. The fraction of sp³-hybridized carbons (Fsp3) is 0.111. The van der Waals surface area contributed by atoms with Gasteiger partial charge in [0.05, 0.1) is 11.4 Å². The number of hydrogen-bond acceptors (Lipinski definition) is 1. The molecule has 46 heavy (non-hydrogen) atoms.